The molecule has 5 rings (SSSR count). The molecule has 176 valence electrons. The van der Waals surface area contributed by atoms with Crippen LogP contribution in [0.3, 0.4) is 0 Å². The van der Waals surface area contributed by atoms with Crippen LogP contribution in [0.15, 0.2) is 30.5 Å². The van der Waals surface area contributed by atoms with E-state index in [4.69, 9.17) is 14.5 Å². The first kappa shape index (κ1) is 22.1. The molecular weight excluding hydrogens is 422 g/mol. The second kappa shape index (κ2) is 10.0. The summed E-state index contributed by atoms with van der Waals surface area (Å²) in [6, 6.07) is 7.75. The standard InChI is InChI=1S/C24H31N5O4/c30-15-18-3-1-2-4-20(18)23-26-12-21-24(27-23)29-7-10-33-16-19(29)13-28(21)14-22(31)25-11-17-5-8-32-9-6-17/h1-4,12,17,19,30H,5-11,13-16H2,(H,25,31). The Balaban J connectivity index is 1.37. The molecule has 0 bridgehead atoms. The van der Waals surface area contributed by atoms with E-state index in [0.29, 0.717) is 38.0 Å². The summed E-state index contributed by atoms with van der Waals surface area (Å²) in [6.07, 6.45) is 3.80. The van der Waals surface area contributed by atoms with Gasteiger partial charge >= 0.3 is 0 Å². The van der Waals surface area contributed by atoms with Gasteiger partial charge < -0.3 is 29.7 Å². The van der Waals surface area contributed by atoms with Gasteiger partial charge in [-0.15, -0.1) is 0 Å². The van der Waals surface area contributed by atoms with Crippen molar-refractivity contribution in [2.75, 3.05) is 62.4 Å². The van der Waals surface area contributed by atoms with Gasteiger partial charge in [0.2, 0.25) is 5.91 Å². The number of carbonyl (C=O) groups is 1. The van der Waals surface area contributed by atoms with E-state index in [0.717, 1.165) is 55.2 Å². The van der Waals surface area contributed by atoms with Gasteiger partial charge in [-0.05, 0) is 24.3 Å². The molecule has 1 amide bonds. The van der Waals surface area contributed by atoms with Crippen molar-refractivity contribution < 1.29 is 19.4 Å². The van der Waals surface area contributed by atoms with Crippen molar-refractivity contribution in [3.63, 3.8) is 0 Å². The van der Waals surface area contributed by atoms with E-state index in [1.165, 1.54) is 0 Å². The molecule has 33 heavy (non-hydrogen) atoms. The number of nitrogens with zero attached hydrogens (tertiary/aromatic N) is 4. The number of nitrogens with one attached hydrogen (secondary N) is 1. The maximum absolute atomic E-state index is 12.8. The van der Waals surface area contributed by atoms with Gasteiger partial charge in [0.25, 0.3) is 0 Å². The van der Waals surface area contributed by atoms with Gasteiger partial charge in [0.15, 0.2) is 11.6 Å². The van der Waals surface area contributed by atoms with Crippen molar-refractivity contribution in [2.45, 2.75) is 25.5 Å². The monoisotopic (exact) mass is 453 g/mol. The molecular formula is C24H31N5O4. The minimum absolute atomic E-state index is 0.00678. The van der Waals surface area contributed by atoms with Crippen molar-refractivity contribution in [1.29, 1.82) is 0 Å². The molecule has 1 atom stereocenters. The number of fused-ring (bicyclic) bond motifs is 3. The summed E-state index contributed by atoms with van der Waals surface area (Å²) < 4.78 is 11.1. The molecule has 2 aromatic rings. The van der Waals surface area contributed by atoms with Gasteiger partial charge in [-0.25, -0.2) is 9.97 Å². The minimum Gasteiger partial charge on any atom is -0.392 e. The lowest BCUT2D eigenvalue weighted by Crippen LogP contribution is -2.57. The second-order valence-corrected chi connectivity index (χ2v) is 8.88. The molecule has 0 spiro atoms. The summed E-state index contributed by atoms with van der Waals surface area (Å²) in [5, 5.41) is 12.9. The third-order valence-corrected chi connectivity index (χ3v) is 6.71. The molecule has 0 saturated carbocycles. The highest BCUT2D eigenvalue weighted by Crippen LogP contribution is 2.36. The number of ether oxygens (including phenoxy) is 2. The number of hydrogen-bond donors (Lipinski definition) is 2. The Hall–Kier alpha value is -2.75. The van der Waals surface area contributed by atoms with Crippen molar-refractivity contribution in [3.8, 4) is 11.4 Å². The van der Waals surface area contributed by atoms with Gasteiger partial charge in [-0.2, -0.15) is 0 Å². The fourth-order valence-electron chi connectivity index (χ4n) is 4.83. The molecule has 1 aromatic heterocycles. The van der Waals surface area contributed by atoms with E-state index in [2.05, 4.69) is 20.1 Å². The second-order valence-electron chi connectivity index (χ2n) is 8.88. The molecule has 0 aliphatic carbocycles. The molecule has 2 fully saturated rings. The van der Waals surface area contributed by atoms with Crippen LogP contribution in [0.2, 0.25) is 0 Å². The van der Waals surface area contributed by atoms with Crippen LogP contribution in [0.1, 0.15) is 18.4 Å². The Morgan fingerprint density at radius 1 is 1.18 bits per heavy atom. The number of amides is 1. The van der Waals surface area contributed by atoms with Crippen molar-refractivity contribution in [1.82, 2.24) is 15.3 Å². The van der Waals surface area contributed by atoms with Gasteiger partial charge in [0, 0.05) is 38.4 Å². The zero-order valence-electron chi connectivity index (χ0n) is 18.8. The predicted molar refractivity (Wildman–Crippen MR) is 124 cm³/mol. The first-order valence-electron chi connectivity index (χ1n) is 11.7. The summed E-state index contributed by atoms with van der Waals surface area (Å²) in [4.78, 5) is 26.7. The van der Waals surface area contributed by atoms with E-state index >= 15 is 0 Å². The summed E-state index contributed by atoms with van der Waals surface area (Å²) in [5.74, 6) is 1.89. The van der Waals surface area contributed by atoms with Crippen LogP contribution in [0.5, 0.6) is 0 Å². The summed E-state index contributed by atoms with van der Waals surface area (Å²) in [7, 11) is 0. The number of hydrogen-bond acceptors (Lipinski definition) is 8. The van der Waals surface area contributed by atoms with Crippen molar-refractivity contribution in [2.24, 2.45) is 5.92 Å². The topological polar surface area (TPSA) is 100 Å². The molecule has 0 radical (unpaired) electrons. The first-order valence-corrected chi connectivity index (χ1v) is 11.7. The molecule has 1 unspecified atom stereocenters. The van der Waals surface area contributed by atoms with Crippen LogP contribution in [-0.4, -0.2) is 79.6 Å². The zero-order chi connectivity index (χ0) is 22.6. The Morgan fingerprint density at radius 2 is 2.03 bits per heavy atom. The third-order valence-electron chi connectivity index (χ3n) is 6.71. The highest BCUT2D eigenvalue weighted by atomic mass is 16.5. The number of rotatable bonds is 6. The van der Waals surface area contributed by atoms with E-state index in [1.807, 2.05) is 30.5 Å². The highest BCUT2D eigenvalue weighted by molar-refractivity contribution is 5.84. The summed E-state index contributed by atoms with van der Waals surface area (Å²) >= 11 is 0. The number of aliphatic hydroxyl groups excluding tert-OH is 1. The molecule has 4 heterocycles. The molecule has 2 N–H and O–H groups in total. The molecule has 2 saturated heterocycles. The van der Waals surface area contributed by atoms with E-state index in [1.54, 1.807) is 0 Å². The number of benzene rings is 1. The number of morpholine rings is 1. The number of carbonyl (C=O) groups excluding carboxylic acids is 1. The first-order chi connectivity index (χ1) is 16.2. The summed E-state index contributed by atoms with van der Waals surface area (Å²) in [5.41, 5.74) is 2.47. The summed E-state index contributed by atoms with van der Waals surface area (Å²) in [6.45, 7) is 5.11. The third kappa shape index (κ3) is 4.80. The molecule has 1 aromatic carbocycles. The SMILES string of the molecule is O=C(CN1CC2COCCN2c2nc(-c3ccccc3CO)ncc21)NCC1CCOCC1. The van der Waals surface area contributed by atoms with E-state index in [-0.39, 0.29) is 25.1 Å². The molecule has 9 nitrogen and oxygen atoms in total. The lowest BCUT2D eigenvalue weighted by atomic mass is 10.0. The quantitative estimate of drug-likeness (QED) is 0.673. The normalized spacial score (nSPS) is 20.8. The Kier molecular flexibility index (Phi) is 6.70. The van der Waals surface area contributed by atoms with Crippen LogP contribution in [0, 0.1) is 5.92 Å². The lowest BCUT2D eigenvalue weighted by Gasteiger charge is -2.45. The zero-order valence-corrected chi connectivity index (χ0v) is 18.8. The van der Waals surface area contributed by atoms with Crippen LogP contribution < -0.4 is 15.1 Å². The van der Waals surface area contributed by atoms with Crippen LogP contribution in [-0.2, 0) is 20.9 Å². The van der Waals surface area contributed by atoms with Crippen LogP contribution >= 0.6 is 0 Å². The van der Waals surface area contributed by atoms with Crippen LogP contribution in [0.4, 0.5) is 11.5 Å². The van der Waals surface area contributed by atoms with Gasteiger partial charge in [-0.1, -0.05) is 24.3 Å². The van der Waals surface area contributed by atoms with Crippen molar-refractivity contribution >= 4 is 17.4 Å². The largest absolute Gasteiger partial charge is 0.392 e. The average molecular weight is 454 g/mol. The molecule has 3 aliphatic heterocycles. The highest BCUT2D eigenvalue weighted by Gasteiger charge is 2.35. The maximum atomic E-state index is 12.8. The Bertz CT molecular complexity index is 981. The fourth-order valence-corrected chi connectivity index (χ4v) is 4.83. The van der Waals surface area contributed by atoms with Crippen molar-refractivity contribution in [3.05, 3.63) is 36.0 Å². The average Bonchev–Trinajstić information content (AvgIpc) is 2.88. The smallest absolute Gasteiger partial charge is 0.239 e. The van der Waals surface area contributed by atoms with E-state index < -0.39 is 0 Å². The Labute approximate surface area is 193 Å². The number of aromatic nitrogens is 2. The van der Waals surface area contributed by atoms with Gasteiger partial charge in [0.05, 0.1) is 44.3 Å². The molecule has 9 heteroatoms. The lowest BCUT2D eigenvalue weighted by molar-refractivity contribution is -0.120. The van der Waals surface area contributed by atoms with Gasteiger partial charge in [0.1, 0.15) is 0 Å². The Morgan fingerprint density at radius 3 is 2.88 bits per heavy atom. The fraction of sp³-hybridized carbons (Fsp3) is 0.542. The minimum atomic E-state index is -0.0732. The predicted octanol–water partition coefficient (Wildman–Crippen LogP) is 1.20. The van der Waals surface area contributed by atoms with Gasteiger partial charge in [-0.3, -0.25) is 4.79 Å². The molecule has 3 aliphatic rings. The van der Waals surface area contributed by atoms with E-state index in [9.17, 15) is 9.90 Å². The van der Waals surface area contributed by atoms with Crippen LogP contribution in [0.25, 0.3) is 11.4 Å². The number of aliphatic hydroxyl groups is 1. The maximum Gasteiger partial charge on any atom is 0.239 e. The number of anilines is 2.